The Morgan fingerprint density at radius 2 is 2.11 bits per heavy atom. The molecule has 1 N–H and O–H groups in total. The normalized spacial score (nSPS) is 21.7. The van der Waals surface area contributed by atoms with Gasteiger partial charge in [0.05, 0.1) is 4.47 Å². The number of benzene rings is 1. The molecule has 0 radical (unpaired) electrons. The molecule has 1 heterocycles. The summed E-state index contributed by atoms with van der Waals surface area (Å²) in [6, 6.07) is 3.92. The third kappa shape index (κ3) is 3.45. The topological polar surface area (TPSA) is 15.3 Å². The predicted molar refractivity (Wildman–Crippen MR) is 77.6 cm³/mol. The van der Waals surface area contributed by atoms with E-state index in [1.165, 1.54) is 19.4 Å². The van der Waals surface area contributed by atoms with Crippen LogP contribution in [-0.2, 0) is 0 Å². The van der Waals surface area contributed by atoms with Crippen molar-refractivity contribution >= 4 is 21.6 Å². The van der Waals surface area contributed by atoms with Gasteiger partial charge in [-0.2, -0.15) is 0 Å². The van der Waals surface area contributed by atoms with Crippen LogP contribution in [0.1, 0.15) is 24.8 Å². The summed E-state index contributed by atoms with van der Waals surface area (Å²) in [5, 5.41) is 3.55. The van der Waals surface area contributed by atoms with Crippen LogP contribution >= 0.6 is 15.9 Å². The van der Waals surface area contributed by atoms with Crippen molar-refractivity contribution in [1.29, 1.82) is 0 Å². The van der Waals surface area contributed by atoms with Gasteiger partial charge in [-0.15, -0.1) is 0 Å². The van der Waals surface area contributed by atoms with Crippen LogP contribution in [0.2, 0.25) is 0 Å². The molecule has 0 saturated carbocycles. The molecule has 1 fully saturated rings. The Balaban J connectivity index is 2.06. The average Bonchev–Trinajstić information content (AvgIpc) is 2.51. The molecule has 0 aromatic heterocycles. The standard InChI is InChI=1S/C14H20BrFN2/c1-10-8-13(16)12(15)9-14(10)17-11-4-3-6-18(2)7-5-11/h8-9,11,17H,3-7H2,1-2H3. The summed E-state index contributed by atoms with van der Waals surface area (Å²) in [5.41, 5.74) is 2.01. The van der Waals surface area contributed by atoms with Crippen LogP contribution in [0.5, 0.6) is 0 Å². The second-order valence-corrected chi connectivity index (χ2v) is 6.01. The van der Waals surface area contributed by atoms with E-state index >= 15 is 0 Å². The van der Waals surface area contributed by atoms with Crippen molar-refractivity contribution in [3.05, 3.63) is 28.0 Å². The van der Waals surface area contributed by atoms with E-state index in [9.17, 15) is 4.39 Å². The Morgan fingerprint density at radius 1 is 1.33 bits per heavy atom. The number of hydrogen-bond acceptors (Lipinski definition) is 2. The predicted octanol–water partition coefficient (Wildman–Crippen LogP) is 3.79. The Kier molecular flexibility index (Phi) is 4.62. The Bertz CT molecular complexity index is 423. The van der Waals surface area contributed by atoms with Gasteiger partial charge in [0.1, 0.15) is 5.82 Å². The number of hydrogen-bond donors (Lipinski definition) is 1. The van der Waals surface area contributed by atoms with Gasteiger partial charge in [-0.3, -0.25) is 0 Å². The SMILES string of the molecule is Cc1cc(F)c(Br)cc1NC1CCCN(C)CC1. The highest BCUT2D eigenvalue weighted by atomic mass is 79.9. The van der Waals surface area contributed by atoms with E-state index in [-0.39, 0.29) is 5.82 Å². The van der Waals surface area contributed by atoms with Gasteiger partial charge in [-0.05, 0) is 79.9 Å². The number of rotatable bonds is 2. The minimum Gasteiger partial charge on any atom is -0.382 e. The zero-order valence-electron chi connectivity index (χ0n) is 11.0. The third-order valence-corrected chi connectivity index (χ3v) is 4.19. The molecule has 0 amide bonds. The van der Waals surface area contributed by atoms with Crippen LogP contribution in [0.25, 0.3) is 0 Å². The number of nitrogens with one attached hydrogen (secondary N) is 1. The first-order valence-electron chi connectivity index (χ1n) is 6.47. The lowest BCUT2D eigenvalue weighted by atomic mass is 10.1. The monoisotopic (exact) mass is 314 g/mol. The summed E-state index contributed by atoms with van der Waals surface area (Å²) in [5.74, 6) is -0.196. The fourth-order valence-corrected chi connectivity index (χ4v) is 2.75. The highest BCUT2D eigenvalue weighted by Gasteiger charge is 2.15. The number of halogens is 2. The maximum Gasteiger partial charge on any atom is 0.137 e. The van der Waals surface area contributed by atoms with Crippen LogP contribution in [0.15, 0.2) is 16.6 Å². The smallest absolute Gasteiger partial charge is 0.137 e. The molecule has 100 valence electrons. The third-order valence-electron chi connectivity index (χ3n) is 3.58. The Labute approximate surface area is 117 Å². The first-order chi connectivity index (χ1) is 8.56. The van der Waals surface area contributed by atoms with Crippen molar-refractivity contribution in [3.8, 4) is 0 Å². The summed E-state index contributed by atoms with van der Waals surface area (Å²) in [4.78, 5) is 2.37. The minimum absolute atomic E-state index is 0.196. The molecule has 1 aliphatic rings. The van der Waals surface area contributed by atoms with E-state index in [4.69, 9.17) is 0 Å². The molecular weight excluding hydrogens is 295 g/mol. The van der Waals surface area contributed by atoms with Crippen LogP contribution in [0.3, 0.4) is 0 Å². The number of likely N-dealkylation sites (tertiary alicyclic amines) is 1. The lowest BCUT2D eigenvalue weighted by Crippen LogP contribution is -2.23. The van der Waals surface area contributed by atoms with Crippen LogP contribution in [0.4, 0.5) is 10.1 Å². The molecular formula is C14H20BrFN2. The quantitative estimate of drug-likeness (QED) is 0.893. The van der Waals surface area contributed by atoms with Gasteiger partial charge in [-0.25, -0.2) is 4.39 Å². The fourth-order valence-electron chi connectivity index (χ4n) is 2.41. The Morgan fingerprint density at radius 3 is 2.89 bits per heavy atom. The largest absolute Gasteiger partial charge is 0.382 e. The van der Waals surface area contributed by atoms with Crippen molar-refractivity contribution in [2.75, 3.05) is 25.5 Å². The van der Waals surface area contributed by atoms with Crippen LogP contribution < -0.4 is 5.32 Å². The zero-order valence-corrected chi connectivity index (χ0v) is 12.6. The molecule has 0 spiro atoms. The highest BCUT2D eigenvalue weighted by Crippen LogP contribution is 2.26. The zero-order chi connectivity index (χ0) is 13.1. The maximum atomic E-state index is 13.4. The first kappa shape index (κ1) is 13.8. The molecule has 2 nitrogen and oxygen atoms in total. The van der Waals surface area contributed by atoms with Gasteiger partial charge in [0.15, 0.2) is 0 Å². The second-order valence-electron chi connectivity index (χ2n) is 5.16. The van der Waals surface area contributed by atoms with E-state index < -0.39 is 0 Å². The summed E-state index contributed by atoms with van der Waals surface area (Å²) in [7, 11) is 2.17. The summed E-state index contributed by atoms with van der Waals surface area (Å²) in [6.07, 6.45) is 3.54. The average molecular weight is 315 g/mol. The van der Waals surface area contributed by atoms with Gasteiger partial charge in [0.25, 0.3) is 0 Å². The van der Waals surface area contributed by atoms with Gasteiger partial charge < -0.3 is 10.2 Å². The molecule has 4 heteroatoms. The number of anilines is 1. The first-order valence-corrected chi connectivity index (χ1v) is 7.26. The Hall–Kier alpha value is -0.610. The van der Waals surface area contributed by atoms with Gasteiger partial charge in [0.2, 0.25) is 0 Å². The van der Waals surface area contributed by atoms with Gasteiger partial charge in [-0.1, -0.05) is 0 Å². The molecule has 1 atom stereocenters. The van der Waals surface area contributed by atoms with Crippen molar-refractivity contribution in [2.45, 2.75) is 32.2 Å². The minimum atomic E-state index is -0.196. The molecule has 18 heavy (non-hydrogen) atoms. The van der Waals surface area contributed by atoms with Gasteiger partial charge >= 0.3 is 0 Å². The number of aryl methyl sites for hydroxylation is 1. The highest BCUT2D eigenvalue weighted by molar-refractivity contribution is 9.10. The van der Waals surface area contributed by atoms with E-state index in [0.717, 1.165) is 24.2 Å². The molecule has 1 aromatic rings. The molecule has 0 aliphatic carbocycles. The molecule has 0 bridgehead atoms. The van der Waals surface area contributed by atoms with Crippen molar-refractivity contribution in [3.63, 3.8) is 0 Å². The number of nitrogens with zero attached hydrogens (tertiary/aromatic N) is 1. The molecule has 1 unspecified atom stereocenters. The summed E-state index contributed by atoms with van der Waals surface area (Å²) < 4.78 is 13.9. The fraction of sp³-hybridized carbons (Fsp3) is 0.571. The van der Waals surface area contributed by atoms with Crippen LogP contribution in [-0.4, -0.2) is 31.1 Å². The molecule has 1 saturated heterocycles. The van der Waals surface area contributed by atoms with E-state index in [0.29, 0.717) is 10.5 Å². The lowest BCUT2D eigenvalue weighted by Gasteiger charge is -2.20. The maximum absolute atomic E-state index is 13.4. The van der Waals surface area contributed by atoms with Crippen molar-refractivity contribution < 1.29 is 4.39 Å². The lowest BCUT2D eigenvalue weighted by molar-refractivity contribution is 0.348. The molecule has 1 aromatic carbocycles. The molecule has 1 aliphatic heterocycles. The molecule has 2 rings (SSSR count). The van der Waals surface area contributed by atoms with E-state index in [2.05, 4.69) is 33.2 Å². The summed E-state index contributed by atoms with van der Waals surface area (Å²) in [6.45, 7) is 4.24. The van der Waals surface area contributed by atoms with Crippen molar-refractivity contribution in [2.24, 2.45) is 0 Å². The summed E-state index contributed by atoms with van der Waals surface area (Å²) >= 11 is 3.25. The van der Waals surface area contributed by atoms with E-state index in [1.807, 2.05) is 13.0 Å². The second kappa shape index (κ2) is 6.02. The van der Waals surface area contributed by atoms with Gasteiger partial charge in [0, 0.05) is 11.7 Å². The van der Waals surface area contributed by atoms with E-state index in [1.54, 1.807) is 6.07 Å². The van der Waals surface area contributed by atoms with Crippen molar-refractivity contribution in [1.82, 2.24) is 4.90 Å². The van der Waals surface area contributed by atoms with Crippen LogP contribution in [0, 0.1) is 12.7 Å².